The number of carbonyl (C=O) groups is 1. The molecular formula is C15H28BrNO. The van der Waals surface area contributed by atoms with Crippen molar-refractivity contribution in [1.82, 2.24) is 4.90 Å². The molecule has 18 heavy (non-hydrogen) atoms. The van der Waals surface area contributed by atoms with Gasteiger partial charge in [0.15, 0.2) is 0 Å². The van der Waals surface area contributed by atoms with Crippen molar-refractivity contribution in [2.45, 2.75) is 64.7 Å². The first-order chi connectivity index (χ1) is 8.77. The van der Waals surface area contributed by atoms with Crippen molar-refractivity contribution >= 4 is 21.8 Å². The van der Waals surface area contributed by atoms with Crippen molar-refractivity contribution in [2.75, 3.05) is 18.4 Å². The van der Waals surface area contributed by atoms with Crippen molar-refractivity contribution in [3.05, 3.63) is 0 Å². The Kier molecular flexibility index (Phi) is 8.74. The topological polar surface area (TPSA) is 20.3 Å². The van der Waals surface area contributed by atoms with Crippen LogP contribution in [-0.2, 0) is 4.79 Å². The van der Waals surface area contributed by atoms with Crippen LogP contribution in [0.1, 0.15) is 64.7 Å². The van der Waals surface area contributed by atoms with E-state index in [4.69, 9.17) is 0 Å². The molecule has 0 aliphatic carbocycles. The predicted octanol–water partition coefficient (Wildman–Crippen LogP) is 4.37. The van der Waals surface area contributed by atoms with Gasteiger partial charge in [-0.1, -0.05) is 55.0 Å². The summed E-state index contributed by atoms with van der Waals surface area (Å²) in [4.78, 5) is 14.1. The van der Waals surface area contributed by atoms with E-state index in [1.807, 2.05) is 0 Å². The van der Waals surface area contributed by atoms with Crippen LogP contribution in [0.25, 0.3) is 0 Å². The predicted molar refractivity (Wildman–Crippen MR) is 81.1 cm³/mol. The van der Waals surface area contributed by atoms with Crippen molar-refractivity contribution in [2.24, 2.45) is 5.92 Å². The van der Waals surface area contributed by atoms with E-state index in [0.717, 1.165) is 37.2 Å². The molecule has 0 atom stereocenters. The zero-order valence-corrected chi connectivity index (χ0v) is 13.4. The molecule has 1 amide bonds. The normalized spacial score (nSPS) is 17.1. The van der Waals surface area contributed by atoms with E-state index in [1.54, 1.807) is 0 Å². The third-order valence-electron chi connectivity index (χ3n) is 3.93. The minimum Gasteiger partial charge on any atom is -0.343 e. The fourth-order valence-corrected chi connectivity index (χ4v) is 3.20. The maximum atomic E-state index is 12.0. The highest BCUT2D eigenvalue weighted by Gasteiger charge is 2.21. The number of nitrogens with zero attached hydrogens (tertiary/aromatic N) is 1. The van der Waals surface area contributed by atoms with Gasteiger partial charge in [0.1, 0.15) is 0 Å². The summed E-state index contributed by atoms with van der Waals surface area (Å²) in [5, 5.41) is 1.09. The third kappa shape index (κ3) is 6.21. The number of carbonyl (C=O) groups excluding carboxylic acids is 1. The number of piperidine rings is 1. The standard InChI is InChI=1S/C15H28BrNO/c1-2-3-4-5-6-7-8-15(18)17-11-9-14(13-16)10-12-17/h14H,2-13H2,1H3. The Morgan fingerprint density at radius 1 is 1.11 bits per heavy atom. The Morgan fingerprint density at radius 2 is 1.72 bits per heavy atom. The average Bonchev–Trinajstić information content (AvgIpc) is 2.42. The second kappa shape index (κ2) is 9.82. The maximum absolute atomic E-state index is 12.0. The Hall–Kier alpha value is -0.0500. The van der Waals surface area contributed by atoms with E-state index >= 15 is 0 Å². The van der Waals surface area contributed by atoms with Gasteiger partial charge in [0.25, 0.3) is 0 Å². The molecule has 0 N–H and O–H groups in total. The minimum atomic E-state index is 0.388. The smallest absolute Gasteiger partial charge is 0.222 e. The van der Waals surface area contributed by atoms with Gasteiger partial charge in [-0.2, -0.15) is 0 Å². The van der Waals surface area contributed by atoms with Gasteiger partial charge in [-0.15, -0.1) is 0 Å². The zero-order chi connectivity index (χ0) is 13.2. The van der Waals surface area contributed by atoms with E-state index in [9.17, 15) is 4.79 Å². The average molecular weight is 318 g/mol. The molecule has 0 unspecified atom stereocenters. The molecule has 0 aromatic rings. The van der Waals surface area contributed by atoms with Gasteiger partial charge in [0.05, 0.1) is 0 Å². The lowest BCUT2D eigenvalue weighted by molar-refractivity contribution is -0.132. The Morgan fingerprint density at radius 3 is 2.33 bits per heavy atom. The first kappa shape index (κ1) is 16.0. The molecular weight excluding hydrogens is 290 g/mol. The highest BCUT2D eigenvalue weighted by atomic mass is 79.9. The van der Waals surface area contributed by atoms with Crippen molar-refractivity contribution in [1.29, 1.82) is 0 Å². The largest absolute Gasteiger partial charge is 0.343 e. The molecule has 1 aliphatic rings. The summed E-state index contributed by atoms with van der Waals surface area (Å²) >= 11 is 3.54. The van der Waals surface area contributed by atoms with Gasteiger partial charge < -0.3 is 4.90 Å². The number of hydrogen-bond acceptors (Lipinski definition) is 1. The lowest BCUT2D eigenvalue weighted by atomic mass is 9.98. The molecule has 1 aliphatic heterocycles. The first-order valence-electron chi connectivity index (χ1n) is 7.61. The van der Waals surface area contributed by atoms with Crippen LogP contribution >= 0.6 is 15.9 Å². The molecule has 1 rings (SSSR count). The number of likely N-dealkylation sites (tertiary alicyclic amines) is 1. The summed E-state index contributed by atoms with van der Waals surface area (Å²) in [5.41, 5.74) is 0. The second-order valence-corrected chi connectivity index (χ2v) is 6.14. The molecule has 1 saturated heterocycles. The fourth-order valence-electron chi connectivity index (χ4n) is 2.55. The maximum Gasteiger partial charge on any atom is 0.222 e. The third-order valence-corrected chi connectivity index (χ3v) is 4.85. The molecule has 0 spiro atoms. The van der Waals surface area contributed by atoms with Gasteiger partial charge in [-0.05, 0) is 25.2 Å². The number of rotatable bonds is 8. The summed E-state index contributed by atoms with van der Waals surface area (Å²) in [7, 11) is 0. The van der Waals surface area contributed by atoms with Gasteiger partial charge in [0, 0.05) is 24.8 Å². The second-order valence-electron chi connectivity index (χ2n) is 5.50. The molecule has 1 fully saturated rings. The lowest BCUT2D eigenvalue weighted by Crippen LogP contribution is -2.38. The highest BCUT2D eigenvalue weighted by Crippen LogP contribution is 2.20. The number of hydrogen-bond donors (Lipinski definition) is 0. The minimum absolute atomic E-state index is 0.388. The van der Waals surface area contributed by atoms with Crippen LogP contribution < -0.4 is 0 Å². The van der Waals surface area contributed by atoms with Gasteiger partial charge >= 0.3 is 0 Å². The quantitative estimate of drug-likeness (QED) is 0.481. The Balaban J connectivity index is 2.03. The fraction of sp³-hybridized carbons (Fsp3) is 0.933. The van der Waals surface area contributed by atoms with E-state index in [-0.39, 0.29) is 0 Å². The van der Waals surface area contributed by atoms with Gasteiger partial charge in [-0.25, -0.2) is 0 Å². The summed E-state index contributed by atoms with van der Waals surface area (Å²) in [6.07, 6.45) is 10.7. The molecule has 0 aromatic carbocycles. The molecule has 106 valence electrons. The number of halogens is 1. The highest BCUT2D eigenvalue weighted by molar-refractivity contribution is 9.09. The molecule has 0 bridgehead atoms. The Labute approximate surface area is 121 Å². The molecule has 3 heteroatoms. The summed E-state index contributed by atoms with van der Waals surface area (Å²) in [6.45, 7) is 4.19. The molecule has 0 radical (unpaired) electrons. The van der Waals surface area contributed by atoms with E-state index in [1.165, 1.54) is 44.9 Å². The van der Waals surface area contributed by atoms with Crippen molar-refractivity contribution in [3.8, 4) is 0 Å². The molecule has 0 saturated carbocycles. The van der Waals surface area contributed by atoms with Crippen molar-refractivity contribution < 1.29 is 4.79 Å². The number of amides is 1. The van der Waals surface area contributed by atoms with Crippen LogP contribution in [0.2, 0.25) is 0 Å². The number of unbranched alkanes of at least 4 members (excludes halogenated alkanes) is 5. The molecule has 0 aromatic heterocycles. The zero-order valence-electron chi connectivity index (χ0n) is 11.8. The summed E-state index contributed by atoms with van der Waals surface area (Å²) in [5.74, 6) is 1.17. The monoisotopic (exact) mass is 317 g/mol. The van der Waals surface area contributed by atoms with Gasteiger partial charge in [-0.3, -0.25) is 4.79 Å². The van der Waals surface area contributed by atoms with E-state index in [2.05, 4.69) is 27.8 Å². The summed E-state index contributed by atoms with van der Waals surface area (Å²) in [6, 6.07) is 0. The summed E-state index contributed by atoms with van der Waals surface area (Å²) < 4.78 is 0. The first-order valence-corrected chi connectivity index (χ1v) is 8.73. The Bertz CT molecular complexity index is 225. The van der Waals surface area contributed by atoms with Crippen molar-refractivity contribution in [3.63, 3.8) is 0 Å². The van der Waals surface area contributed by atoms with Crippen LogP contribution in [-0.4, -0.2) is 29.2 Å². The molecule has 1 heterocycles. The van der Waals surface area contributed by atoms with Gasteiger partial charge in [0.2, 0.25) is 5.91 Å². The number of alkyl halides is 1. The van der Waals surface area contributed by atoms with Crippen LogP contribution in [0.5, 0.6) is 0 Å². The van der Waals surface area contributed by atoms with Crippen LogP contribution in [0, 0.1) is 5.92 Å². The van der Waals surface area contributed by atoms with E-state index < -0.39 is 0 Å². The van der Waals surface area contributed by atoms with Crippen LogP contribution in [0.4, 0.5) is 0 Å². The SMILES string of the molecule is CCCCCCCCC(=O)N1CCC(CBr)CC1. The van der Waals surface area contributed by atoms with Crippen LogP contribution in [0.15, 0.2) is 0 Å². The molecule has 2 nitrogen and oxygen atoms in total. The van der Waals surface area contributed by atoms with E-state index in [0.29, 0.717) is 5.91 Å². The lowest BCUT2D eigenvalue weighted by Gasteiger charge is -2.31. The van der Waals surface area contributed by atoms with Crippen LogP contribution in [0.3, 0.4) is 0 Å².